The van der Waals surface area contributed by atoms with Gasteiger partial charge in [0.1, 0.15) is 6.10 Å². The van der Waals surface area contributed by atoms with Crippen LogP contribution in [0.15, 0.2) is 0 Å². The number of nitrogens with zero attached hydrogens (tertiary/aromatic N) is 2. The van der Waals surface area contributed by atoms with E-state index >= 15 is 0 Å². The summed E-state index contributed by atoms with van der Waals surface area (Å²) in [5.41, 5.74) is 3.42. The Bertz CT molecular complexity index is 397. The first-order valence-electron chi connectivity index (χ1n) is 7.63. The summed E-state index contributed by atoms with van der Waals surface area (Å²) in [5.74, 6) is 1.25. The van der Waals surface area contributed by atoms with Gasteiger partial charge in [-0.25, -0.2) is 9.97 Å². The number of hydrogen-bond donors (Lipinski definition) is 1. The van der Waals surface area contributed by atoms with Crippen molar-refractivity contribution in [1.82, 2.24) is 15.3 Å². The van der Waals surface area contributed by atoms with Crippen LogP contribution in [0.3, 0.4) is 0 Å². The fraction of sp³-hybridized carbons (Fsp3) is 0.750. The van der Waals surface area contributed by atoms with E-state index < -0.39 is 0 Å². The molecule has 114 valence electrons. The molecule has 0 fully saturated rings. The number of aromatic nitrogens is 2. The summed E-state index contributed by atoms with van der Waals surface area (Å²) in [4.78, 5) is 9.38. The predicted molar refractivity (Wildman–Crippen MR) is 83.1 cm³/mol. The van der Waals surface area contributed by atoms with Gasteiger partial charge in [-0.3, -0.25) is 0 Å². The first kappa shape index (κ1) is 17.1. The lowest BCUT2D eigenvalue weighted by molar-refractivity contribution is 0.0872. The molecule has 4 heteroatoms. The van der Waals surface area contributed by atoms with Gasteiger partial charge in [0, 0.05) is 25.0 Å². The lowest BCUT2D eigenvalue weighted by Gasteiger charge is -2.20. The summed E-state index contributed by atoms with van der Waals surface area (Å²) in [6.45, 7) is 12.6. The fourth-order valence-electron chi connectivity index (χ4n) is 2.69. The van der Waals surface area contributed by atoms with Crippen LogP contribution in [0.4, 0.5) is 0 Å². The molecule has 0 radical (unpaired) electrons. The lowest BCUT2D eigenvalue weighted by atomic mass is 9.97. The van der Waals surface area contributed by atoms with E-state index in [0.717, 1.165) is 43.1 Å². The second kappa shape index (κ2) is 8.32. The number of hydrogen-bond acceptors (Lipinski definition) is 4. The number of rotatable bonds is 8. The highest BCUT2D eigenvalue weighted by Gasteiger charge is 2.19. The zero-order valence-electron chi connectivity index (χ0n) is 13.8. The molecule has 0 saturated heterocycles. The Morgan fingerprint density at radius 3 is 2.20 bits per heavy atom. The minimum absolute atomic E-state index is 0.00974. The molecule has 0 aliphatic carbocycles. The second-order valence-electron chi connectivity index (χ2n) is 5.39. The van der Waals surface area contributed by atoms with Crippen LogP contribution >= 0.6 is 0 Å². The summed E-state index contributed by atoms with van der Waals surface area (Å²) >= 11 is 0. The molecule has 4 nitrogen and oxygen atoms in total. The van der Waals surface area contributed by atoms with Gasteiger partial charge in [0.05, 0.1) is 0 Å². The molecule has 0 spiro atoms. The van der Waals surface area contributed by atoms with E-state index in [-0.39, 0.29) is 6.10 Å². The molecular formula is C16H29N3O. The van der Waals surface area contributed by atoms with Gasteiger partial charge in [0.25, 0.3) is 0 Å². The minimum Gasteiger partial charge on any atom is -0.373 e. The van der Waals surface area contributed by atoms with E-state index in [1.165, 1.54) is 5.56 Å². The van der Waals surface area contributed by atoms with Crippen molar-refractivity contribution >= 4 is 0 Å². The van der Waals surface area contributed by atoms with Gasteiger partial charge >= 0.3 is 0 Å². The molecule has 0 amide bonds. The molecule has 2 atom stereocenters. The van der Waals surface area contributed by atoms with Gasteiger partial charge in [-0.1, -0.05) is 27.2 Å². The van der Waals surface area contributed by atoms with Gasteiger partial charge in [-0.05, 0) is 38.3 Å². The van der Waals surface area contributed by atoms with E-state index in [1.54, 1.807) is 7.11 Å². The Hall–Kier alpha value is -1.00. The van der Waals surface area contributed by atoms with Crippen LogP contribution in [0.25, 0.3) is 0 Å². The quantitative estimate of drug-likeness (QED) is 0.793. The van der Waals surface area contributed by atoms with Gasteiger partial charge in [-0.15, -0.1) is 0 Å². The first-order chi connectivity index (χ1) is 9.54. The zero-order chi connectivity index (χ0) is 15.1. The van der Waals surface area contributed by atoms with E-state index in [1.807, 2.05) is 0 Å². The van der Waals surface area contributed by atoms with Crippen molar-refractivity contribution in [3.05, 3.63) is 22.8 Å². The Morgan fingerprint density at radius 2 is 1.75 bits per heavy atom. The SMILES string of the molecule is CCCC(OC)c1nc(C)c(C(C)CNCC)c(C)n1. The molecule has 0 aromatic carbocycles. The maximum atomic E-state index is 5.51. The standard InChI is InChI=1S/C16H29N3O/c1-7-9-14(20-6)16-18-12(4)15(13(5)19-16)11(3)10-17-8-2/h11,14,17H,7-10H2,1-6H3. The number of methoxy groups -OCH3 is 1. The molecule has 0 bridgehead atoms. The average Bonchev–Trinajstić information content (AvgIpc) is 2.41. The summed E-state index contributed by atoms with van der Waals surface area (Å²) in [5, 5.41) is 3.39. The molecule has 0 saturated carbocycles. The van der Waals surface area contributed by atoms with Crippen molar-refractivity contribution in [3.8, 4) is 0 Å². The molecule has 0 aliphatic rings. The third kappa shape index (κ3) is 4.25. The van der Waals surface area contributed by atoms with Crippen molar-refractivity contribution in [2.24, 2.45) is 0 Å². The van der Waals surface area contributed by atoms with E-state index in [9.17, 15) is 0 Å². The lowest BCUT2D eigenvalue weighted by Crippen LogP contribution is -2.22. The largest absolute Gasteiger partial charge is 0.373 e. The Balaban J connectivity index is 3.01. The predicted octanol–water partition coefficient (Wildman–Crippen LogP) is 3.29. The van der Waals surface area contributed by atoms with Crippen molar-refractivity contribution in [3.63, 3.8) is 0 Å². The molecule has 1 aromatic heterocycles. The Morgan fingerprint density at radius 1 is 1.15 bits per heavy atom. The van der Waals surface area contributed by atoms with Crippen LogP contribution in [0, 0.1) is 13.8 Å². The molecule has 2 unspecified atom stereocenters. The average molecular weight is 279 g/mol. The van der Waals surface area contributed by atoms with Crippen molar-refractivity contribution < 1.29 is 4.74 Å². The topological polar surface area (TPSA) is 47.0 Å². The molecule has 20 heavy (non-hydrogen) atoms. The van der Waals surface area contributed by atoms with Crippen LogP contribution in [0.5, 0.6) is 0 Å². The van der Waals surface area contributed by atoms with Gasteiger partial charge in [0.15, 0.2) is 5.82 Å². The number of nitrogens with one attached hydrogen (secondary N) is 1. The van der Waals surface area contributed by atoms with Crippen molar-refractivity contribution in [1.29, 1.82) is 0 Å². The Kier molecular flexibility index (Phi) is 7.10. The normalized spacial score (nSPS) is 14.3. The molecule has 1 aromatic rings. The van der Waals surface area contributed by atoms with Gasteiger partial charge in [-0.2, -0.15) is 0 Å². The van der Waals surface area contributed by atoms with Crippen LogP contribution < -0.4 is 5.32 Å². The second-order valence-corrected chi connectivity index (χ2v) is 5.39. The monoisotopic (exact) mass is 279 g/mol. The number of ether oxygens (including phenoxy) is 1. The summed E-state index contributed by atoms with van der Waals surface area (Å²) < 4.78 is 5.51. The zero-order valence-corrected chi connectivity index (χ0v) is 13.8. The molecule has 1 N–H and O–H groups in total. The van der Waals surface area contributed by atoms with Crippen molar-refractivity contribution in [2.75, 3.05) is 20.2 Å². The van der Waals surface area contributed by atoms with Crippen LogP contribution in [0.2, 0.25) is 0 Å². The van der Waals surface area contributed by atoms with Gasteiger partial charge < -0.3 is 10.1 Å². The number of aryl methyl sites for hydroxylation is 2. The minimum atomic E-state index is 0.00974. The summed E-state index contributed by atoms with van der Waals surface area (Å²) in [7, 11) is 1.73. The third-order valence-electron chi connectivity index (χ3n) is 3.66. The van der Waals surface area contributed by atoms with Crippen molar-refractivity contribution in [2.45, 2.75) is 59.5 Å². The van der Waals surface area contributed by atoms with Crippen LogP contribution in [-0.4, -0.2) is 30.2 Å². The molecule has 0 aliphatic heterocycles. The highest BCUT2D eigenvalue weighted by molar-refractivity contribution is 5.28. The maximum absolute atomic E-state index is 5.51. The fourth-order valence-corrected chi connectivity index (χ4v) is 2.69. The summed E-state index contributed by atoms with van der Waals surface area (Å²) in [6, 6.07) is 0. The van der Waals surface area contributed by atoms with Crippen LogP contribution in [0.1, 0.15) is 68.4 Å². The highest BCUT2D eigenvalue weighted by atomic mass is 16.5. The molecular weight excluding hydrogens is 250 g/mol. The Labute approximate surface area is 123 Å². The van der Waals surface area contributed by atoms with E-state index in [2.05, 4.69) is 49.9 Å². The van der Waals surface area contributed by atoms with Crippen LogP contribution in [-0.2, 0) is 4.74 Å². The highest BCUT2D eigenvalue weighted by Crippen LogP contribution is 2.25. The smallest absolute Gasteiger partial charge is 0.157 e. The van der Waals surface area contributed by atoms with E-state index in [4.69, 9.17) is 4.74 Å². The first-order valence-corrected chi connectivity index (χ1v) is 7.63. The third-order valence-corrected chi connectivity index (χ3v) is 3.66. The maximum Gasteiger partial charge on any atom is 0.157 e. The van der Waals surface area contributed by atoms with Gasteiger partial charge in [0.2, 0.25) is 0 Å². The summed E-state index contributed by atoms with van der Waals surface area (Å²) in [6.07, 6.45) is 2.04. The van der Waals surface area contributed by atoms with E-state index in [0.29, 0.717) is 5.92 Å². The number of likely N-dealkylation sites (N-methyl/N-ethyl adjacent to an activating group) is 1. The molecule has 1 heterocycles. The molecule has 1 rings (SSSR count).